The quantitative estimate of drug-likeness (QED) is 0.351. The average molecular weight is 403 g/mol. The first-order chi connectivity index (χ1) is 12.8. The Morgan fingerprint density at radius 1 is 1.33 bits per heavy atom. The highest BCUT2D eigenvalue weighted by atomic mass is 32.2. The van der Waals surface area contributed by atoms with E-state index in [9.17, 15) is 9.59 Å². The minimum atomic E-state index is -0.356. The van der Waals surface area contributed by atoms with E-state index in [0.717, 1.165) is 26.2 Å². The van der Waals surface area contributed by atoms with E-state index < -0.39 is 0 Å². The molecule has 1 aromatic carbocycles. The van der Waals surface area contributed by atoms with Crippen molar-refractivity contribution in [1.82, 2.24) is 9.55 Å². The third-order valence-corrected chi connectivity index (χ3v) is 6.56. The average Bonchev–Trinajstić information content (AvgIpc) is 2.93. The number of fused-ring (bicyclic) bond motifs is 1. The molecule has 0 N–H and O–H groups in total. The molecule has 27 heavy (non-hydrogen) atoms. The van der Waals surface area contributed by atoms with Crippen molar-refractivity contribution in [2.45, 2.75) is 44.6 Å². The zero-order valence-electron chi connectivity index (χ0n) is 16.0. The van der Waals surface area contributed by atoms with Crippen LogP contribution in [0.3, 0.4) is 0 Å². The van der Waals surface area contributed by atoms with Crippen LogP contribution in [0.2, 0.25) is 0 Å². The topological polar surface area (TPSA) is 61.2 Å². The summed E-state index contributed by atoms with van der Waals surface area (Å²) in [5.41, 5.74) is 2.53. The fourth-order valence-corrected chi connectivity index (χ4v) is 5.04. The van der Waals surface area contributed by atoms with Crippen molar-refractivity contribution in [2.75, 3.05) is 7.11 Å². The second kappa shape index (κ2) is 7.86. The number of thioether (sulfide) groups is 1. The van der Waals surface area contributed by atoms with Gasteiger partial charge in [0, 0.05) is 16.7 Å². The third kappa shape index (κ3) is 3.80. The number of esters is 1. The van der Waals surface area contributed by atoms with Crippen LogP contribution in [0.1, 0.15) is 46.3 Å². The predicted molar refractivity (Wildman–Crippen MR) is 111 cm³/mol. The van der Waals surface area contributed by atoms with Gasteiger partial charge in [0.05, 0.1) is 18.1 Å². The van der Waals surface area contributed by atoms with Gasteiger partial charge < -0.3 is 4.74 Å². The molecule has 142 valence electrons. The maximum absolute atomic E-state index is 13.1. The SMILES string of the molecule is COC(=O)c1cccc(CSc2nc3sc(C)c(C)c3c(=O)n2C(C)C)c1. The second-order valence-electron chi connectivity index (χ2n) is 6.61. The maximum Gasteiger partial charge on any atom is 0.337 e. The van der Waals surface area contributed by atoms with Crippen molar-refractivity contribution in [3.63, 3.8) is 0 Å². The molecule has 0 unspecified atom stereocenters. The Balaban J connectivity index is 1.99. The van der Waals surface area contributed by atoms with Crippen LogP contribution < -0.4 is 5.56 Å². The van der Waals surface area contributed by atoms with Crippen molar-refractivity contribution in [3.8, 4) is 0 Å². The van der Waals surface area contributed by atoms with Crippen molar-refractivity contribution in [1.29, 1.82) is 0 Å². The molecule has 0 radical (unpaired) electrons. The Labute approximate surface area is 166 Å². The summed E-state index contributed by atoms with van der Waals surface area (Å²) in [6.45, 7) is 7.98. The number of carbonyl (C=O) groups excluding carboxylic acids is 1. The summed E-state index contributed by atoms with van der Waals surface area (Å²) in [6.07, 6.45) is 0. The number of rotatable bonds is 5. The molecule has 0 aliphatic carbocycles. The Morgan fingerprint density at radius 2 is 2.07 bits per heavy atom. The van der Waals surface area contributed by atoms with Gasteiger partial charge in [-0.2, -0.15) is 0 Å². The van der Waals surface area contributed by atoms with Crippen molar-refractivity contribution >= 4 is 39.3 Å². The number of aromatic nitrogens is 2. The highest BCUT2D eigenvalue weighted by molar-refractivity contribution is 7.98. The van der Waals surface area contributed by atoms with E-state index >= 15 is 0 Å². The van der Waals surface area contributed by atoms with E-state index in [2.05, 4.69) is 0 Å². The number of methoxy groups -OCH3 is 1. The molecule has 3 aromatic rings. The monoisotopic (exact) mass is 402 g/mol. The summed E-state index contributed by atoms with van der Waals surface area (Å²) in [5.74, 6) is 0.253. The number of carbonyl (C=O) groups is 1. The zero-order chi connectivity index (χ0) is 19.7. The molecule has 2 heterocycles. The fourth-order valence-electron chi connectivity index (χ4n) is 2.90. The molecule has 7 heteroatoms. The van der Waals surface area contributed by atoms with Crippen LogP contribution >= 0.6 is 23.1 Å². The predicted octanol–water partition coefficient (Wildman–Crippen LogP) is 4.73. The lowest BCUT2D eigenvalue weighted by atomic mass is 10.1. The van der Waals surface area contributed by atoms with Crippen molar-refractivity contribution < 1.29 is 9.53 Å². The minimum absolute atomic E-state index is 0.0120. The molecule has 0 aliphatic rings. The highest BCUT2D eigenvalue weighted by Gasteiger charge is 2.18. The Hall–Kier alpha value is -2.12. The van der Waals surface area contributed by atoms with Crippen LogP contribution in [0.15, 0.2) is 34.2 Å². The van der Waals surface area contributed by atoms with Crippen LogP contribution in [0.25, 0.3) is 10.2 Å². The summed E-state index contributed by atoms with van der Waals surface area (Å²) < 4.78 is 6.54. The number of aryl methyl sites for hydroxylation is 2. The standard InChI is InChI=1S/C20H22N2O3S2/c1-11(2)22-18(23)16-12(3)13(4)27-17(16)21-20(22)26-10-14-7-6-8-15(9-14)19(24)25-5/h6-9,11H,10H2,1-5H3. The molecule has 0 saturated carbocycles. The van der Waals surface area contributed by atoms with E-state index in [0.29, 0.717) is 16.5 Å². The lowest BCUT2D eigenvalue weighted by molar-refractivity contribution is 0.0600. The summed E-state index contributed by atoms with van der Waals surface area (Å²) in [6, 6.07) is 7.34. The van der Waals surface area contributed by atoms with Gasteiger partial charge in [-0.25, -0.2) is 9.78 Å². The van der Waals surface area contributed by atoms with Crippen LogP contribution in [0.5, 0.6) is 0 Å². The molecule has 0 amide bonds. The summed E-state index contributed by atoms with van der Waals surface area (Å²) in [5, 5.41) is 1.43. The molecule has 0 atom stereocenters. The van der Waals surface area contributed by atoms with Crippen molar-refractivity contribution in [3.05, 3.63) is 56.2 Å². The minimum Gasteiger partial charge on any atom is -0.465 e. The Kier molecular flexibility index (Phi) is 5.72. The van der Waals surface area contributed by atoms with Crippen molar-refractivity contribution in [2.24, 2.45) is 0 Å². The van der Waals surface area contributed by atoms with Crippen LogP contribution in [0, 0.1) is 13.8 Å². The summed E-state index contributed by atoms with van der Waals surface area (Å²) >= 11 is 3.07. The highest BCUT2D eigenvalue weighted by Crippen LogP contribution is 2.30. The Morgan fingerprint density at radius 3 is 2.74 bits per heavy atom. The van der Waals surface area contributed by atoms with E-state index in [4.69, 9.17) is 9.72 Å². The summed E-state index contributed by atoms with van der Waals surface area (Å²) in [4.78, 5) is 31.5. The van der Waals surface area contributed by atoms with Gasteiger partial charge in [-0.1, -0.05) is 23.9 Å². The normalized spacial score (nSPS) is 11.3. The molecule has 0 spiro atoms. The van der Waals surface area contributed by atoms with Gasteiger partial charge in [-0.05, 0) is 51.0 Å². The van der Waals surface area contributed by atoms with Gasteiger partial charge in [-0.3, -0.25) is 9.36 Å². The molecule has 2 aromatic heterocycles. The maximum atomic E-state index is 13.1. The lowest BCUT2D eigenvalue weighted by Crippen LogP contribution is -2.24. The van der Waals surface area contributed by atoms with Crippen LogP contribution in [-0.2, 0) is 10.5 Å². The molecular weight excluding hydrogens is 380 g/mol. The van der Waals surface area contributed by atoms with Gasteiger partial charge in [-0.15, -0.1) is 11.3 Å². The number of ether oxygens (including phenoxy) is 1. The number of benzene rings is 1. The first-order valence-corrected chi connectivity index (χ1v) is 10.5. The van der Waals surface area contributed by atoms with Crippen LogP contribution in [0.4, 0.5) is 0 Å². The van der Waals surface area contributed by atoms with E-state index in [1.807, 2.05) is 45.9 Å². The first-order valence-electron chi connectivity index (χ1n) is 8.65. The van der Waals surface area contributed by atoms with Gasteiger partial charge in [0.2, 0.25) is 0 Å². The van der Waals surface area contributed by atoms with Gasteiger partial charge in [0.25, 0.3) is 5.56 Å². The number of hydrogen-bond donors (Lipinski definition) is 0. The second-order valence-corrected chi connectivity index (χ2v) is 8.75. The lowest BCUT2D eigenvalue weighted by Gasteiger charge is -2.15. The number of nitrogens with zero attached hydrogens (tertiary/aromatic N) is 2. The number of hydrogen-bond acceptors (Lipinski definition) is 6. The van der Waals surface area contributed by atoms with Gasteiger partial charge in [0.15, 0.2) is 5.16 Å². The fraction of sp³-hybridized carbons (Fsp3) is 0.350. The molecule has 0 bridgehead atoms. The largest absolute Gasteiger partial charge is 0.465 e. The Bertz CT molecular complexity index is 1070. The van der Waals surface area contributed by atoms with Gasteiger partial charge >= 0.3 is 5.97 Å². The molecular formula is C20H22N2O3S2. The van der Waals surface area contributed by atoms with Crippen LogP contribution in [-0.4, -0.2) is 22.6 Å². The van der Waals surface area contributed by atoms with E-state index in [1.54, 1.807) is 22.0 Å². The smallest absolute Gasteiger partial charge is 0.337 e. The molecule has 0 saturated heterocycles. The molecule has 0 aliphatic heterocycles. The molecule has 5 nitrogen and oxygen atoms in total. The summed E-state index contributed by atoms with van der Waals surface area (Å²) in [7, 11) is 1.37. The molecule has 0 fully saturated rings. The van der Waals surface area contributed by atoms with E-state index in [-0.39, 0.29) is 17.6 Å². The first kappa shape index (κ1) is 19.6. The van der Waals surface area contributed by atoms with E-state index in [1.165, 1.54) is 18.9 Å². The zero-order valence-corrected chi connectivity index (χ0v) is 17.7. The number of thiophene rings is 1. The third-order valence-electron chi connectivity index (χ3n) is 4.44. The molecule has 3 rings (SSSR count). The van der Waals surface area contributed by atoms with Gasteiger partial charge in [0.1, 0.15) is 4.83 Å².